The average Bonchev–Trinajstić information content (AvgIpc) is 2.62. The van der Waals surface area contributed by atoms with Gasteiger partial charge in [0.15, 0.2) is 0 Å². The molecule has 2 nitrogen and oxygen atoms in total. The number of aryl methyl sites for hydroxylation is 1. The topological polar surface area (TPSA) is 24.7 Å². The van der Waals surface area contributed by atoms with Crippen LogP contribution in [0.4, 0.5) is 0 Å². The van der Waals surface area contributed by atoms with Crippen LogP contribution in [0.25, 0.3) is 0 Å². The molecule has 18 heavy (non-hydrogen) atoms. The van der Waals surface area contributed by atoms with Crippen molar-refractivity contribution in [3.8, 4) is 0 Å². The largest absolute Gasteiger partial charge is 0.160 e. The number of hydrogen-bond donors (Lipinski definition) is 0. The molecule has 2 heteroatoms. The quantitative estimate of drug-likeness (QED) is 0.705. The molecule has 1 aliphatic heterocycles. The third-order valence-corrected chi connectivity index (χ3v) is 4.12. The molecule has 0 aromatic heterocycles. The van der Waals surface area contributed by atoms with Gasteiger partial charge in [0, 0.05) is 5.71 Å². The van der Waals surface area contributed by atoms with Crippen molar-refractivity contribution in [1.82, 2.24) is 0 Å². The van der Waals surface area contributed by atoms with E-state index in [0.717, 1.165) is 18.6 Å². The van der Waals surface area contributed by atoms with Crippen molar-refractivity contribution in [2.45, 2.75) is 45.4 Å². The molecule has 1 heterocycles. The number of rotatable bonds is 1. The summed E-state index contributed by atoms with van der Waals surface area (Å²) >= 11 is 0. The summed E-state index contributed by atoms with van der Waals surface area (Å²) in [6, 6.07) is 8.65. The van der Waals surface area contributed by atoms with Gasteiger partial charge in [-0.2, -0.15) is 10.2 Å². The Hall–Kier alpha value is -1.44. The molecule has 0 bridgehead atoms. The number of fused-ring (bicyclic) bond motifs is 1. The van der Waals surface area contributed by atoms with E-state index in [2.05, 4.69) is 41.4 Å². The maximum absolute atomic E-state index is 4.53. The van der Waals surface area contributed by atoms with E-state index in [1.807, 2.05) is 0 Å². The van der Waals surface area contributed by atoms with E-state index in [0.29, 0.717) is 5.92 Å². The standard InChI is InChI=1S/C16H20N2/c1-12-6-8-14(9-7-12)16-11-10-13-4-2-3-5-15(13)17-18-16/h6-9,13H,2-5,10-11H2,1H3/t13-/m1/s1. The molecule has 1 saturated carbocycles. The maximum Gasteiger partial charge on any atom is 0.0702 e. The number of hydrogen-bond acceptors (Lipinski definition) is 2. The second-order valence-corrected chi connectivity index (χ2v) is 5.49. The van der Waals surface area contributed by atoms with Crippen molar-refractivity contribution in [3.05, 3.63) is 35.4 Å². The van der Waals surface area contributed by atoms with Gasteiger partial charge < -0.3 is 0 Å². The lowest BCUT2D eigenvalue weighted by atomic mass is 9.83. The zero-order chi connectivity index (χ0) is 12.4. The highest BCUT2D eigenvalue weighted by Crippen LogP contribution is 2.28. The van der Waals surface area contributed by atoms with Gasteiger partial charge in [-0.05, 0) is 50.5 Å². The van der Waals surface area contributed by atoms with Crippen LogP contribution in [0.1, 0.15) is 49.7 Å². The zero-order valence-corrected chi connectivity index (χ0v) is 11.0. The highest BCUT2D eigenvalue weighted by atomic mass is 15.2. The first-order valence-electron chi connectivity index (χ1n) is 7.03. The Kier molecular flexibility index (Phi) is 3.26. The molecule has 0 amide bonds. The second-order valence-electron chi connectivity index (χ2n) is 5.49. The van der Waals surface area contributed by atoms with Gasteiger partial charge >= 0.3 is 0 Å². The summed E-state index contributed by atoms with van der Waals surface area (Å²) in [6.45, 7) is 2.12. The summed E-state index contributed by atoms with van der Waals surface area (Å²) in [5.74, 6) is 0.699. The van der Waals surface area contributed by atoms with Crippen molar-refractivity contribution < 1.29 is 0 Å². The van der Waals surface area contributed by atoms with E-state index in [-0.39, 0.29) is 0 Å². The normalized spacial score (nSPS) is 23.7. The Morgan fingerprint density at radius 2 is 1.78 bits per heavy atom. The molecule has 1 aliphatic carbocycles. The summed E-state index contributed by atoms with van der Waals surface area (Å²) in [7, 11) is 0. The minimum Gasteiger partial charge on any atom is -0.160 e. The third-order valence-electron chi connectivity index (χ3n) is 4.12. The molecule has 0 unspecified atom stereocenters. The van der Waals surface area contributed by atoms with E-state index in [1.165, 1.54) is 42.5 Å². The van der Waals surface area contributed by atoms with Gasteiger partial charge in [-0.25, -0.2) is 0 Å². The summed E-state index contributed by atoms with van der Waals surface area (Å²) < 4.78 is 0. The van der Waals surface area contributed by atoms with Crippen LogP contribution in [0, 0.1) is 12.8 Å². The molecule has 1 atom stereocenters. The van der Waals surface area contributed by atoms with Gasteiger partial charge in [-0.3, -0.25) is 0 Å². The Balaban J connectivity index is 1.84. The summed E-state index contributed by atoms with van der Waals surface area (Å²) in [5.41, 5.74) is 5.05. The third kappa shape index (κ3) is 2.38. The van der Waals surface area contributed by atoms with Crippen LogP contribution in [0.2, 0.25) is 0 Å². The predicted molar refractivity (Wildman–Crippen MR) is 76.3 cm³/mol. The molecule has 0 radical (unpaired) electrons. The van der Waals surface area contributed by atoms with E-state index >= 15 is 0 Å². The summed E-state index contributed by atoms with van der Waals surface area (Å²) in [6.07, 6.45) is 7.44. The lowest BCUT2D eigenvalue weighted by Crippen LogP contribution is -2.18. The molecule has 0 N–H and O–H groups in total. The first kappa shape index (κ1) is 11.6. The van der Waals surface area contributed by atoms with Crippen LogP contribution in [-0.2, 0) is 0 Å². The molecule has 0 saturated heterocycles. The zero-order valence-electron chi connectivity index (χ0n) is 11.0. The van der Waals surface area contributed by atoms with Crippen LogP contribution < -0.4 is 0 Å². The first-order valence-corrected chi connectivity index (χ1v) is 7.03. The second kappa shape index (κ2) is 5.05. The fourth-order valence-electron chi connectivity index (χ4n) is 2.94. The molecule has 1 fully saturated rings. The first-order chi connectivity index (χ1) is 8.83. The lowest BCUT2D eigenvalue weighted by Gasteiger charge is -2.21. The van der Waals surface area contributed by atoms with Crippen molar-refractivity contribution in [3.63, 3.8) is 0 Å². The fraction of sp³-hybridized carbons (Fsp3) is 0.500. The van der Waals surface area contributed by atoms with E-state index in [4.69, 9.17) is 0 Å². The van der Waals surface area contributed by atoms with E-state index in [1.54, 1.807) is 0 Å². The Morgan fingerprint density at radius 3 is 2.61 bits per heavy atom. The van der Waals surface area contributed by atoms with E-state index < -0.39 is 0 Å². The minimum atomic E-state index is 0.699. The molecule has 1 aromatic carbocycles. The molecule has 2 aliphatic rings. The maximum atomic E-state index is 4.53. The molecule has 1 aromatic rings. The van der Waals surface area contributed by atoms with Crippen LogP contribution in [0.3, 0.4) is 0 Å². The van der Waals surface area contributed by atoms with Crippen LogP contribution in [-0.4, -0.2) is 11.4 Å². The highest BCUT2D eigenvalue weighted by Gasteiger charge is 2.23. The van der Waals surface area contributed by atoms with Gasteiger partial charge in [0.2, 0.25) is 0 Å². The fourth-order valence-corrected chi connectivity index (χ4v) is 2.94. The van der Waals surface area contributed by atoms with Crippen molar-refractivity contribution in [1.29, 1.82) is 0 Å². The van der Waals surface area contributed by atoms with Gasteiger partial charge in [0.05, 0.1) is 5.71 Å². The Morgan fingerprint density at radius 1 is 0.944 bits per heavy atom. The smallest absolute Gasteiger partial charge is 0.0702 e. The molecule has 0 spiro atoms. The Labute approximate surface area is 109 Å². The number of nitrogens with zero attached hydrogens (tertiary/aromatic N) is 2. The molecule has 3 rings (SSSR count). The lowest BCUT2D eigenvalue weighted by molar-refractivity contribution is 0.507. The Bertz CT molecular complexity index is 482. The van der Waals surface area contributed by atoms with Crippen LogP contribution >= 0.6 is 0 Å². The van der Waals surface area contributed by atoms with Gasteiger partial charge in [0.1, 0.15) is 0 Å². The van der Waals surface area contributed by atoms with Crippen LogP contribution in [0.15, 0.2) is 34.5 Å². The summed E-state index contributed by atoms with van der Waals surface area (Å²) in [5, 5.41) is 9.04. The average molecular weight is 240 g/mol. The van der Waals surface area contributed by atoms with Gasteiger partial charge in [-0.15, -0.1) is 0 Å². The van der Waals surface area contributed by atoms with Crippen LogP contribution in [0.5, 0.6) is 0 Å². The SMILES string of the molecule is Cc1ccc(C2=NN=C3CCCC[C@@H]3CC2)cc1. The highest BCUT2D eigenvalue weighted by molar-refractivity contribution is 6.02. The van der Waals surface area contributed by atoms with E-state index in [9.17, 15) is 0 Å². The van der Waals surface area contributed by atoms with Crippen molar-refractivity contribution in [2.24, 2.45) is 16.1 Å². The van der Waals surface area contributed by atoms with Gasteiger partial charge in [-0.1, -0.05) is 36.2 Å². The molecular weight excluding hydrogens is 220 g/mol. The number of benzene rings is 1. The van der Waals surface area contributed by atoms with Crippen molar-refractivity contribution in [2.75, 3.05) is 0 Å². The summed E-state index contributed by atoms with van der Waals surface area (Å²) in [4.78, 5) is 0. The van der Waals surface area contributed by atoms with Crippen molar-refractivity contribution >= 4 is 11.4 Å². The minimum absolute atomic E-state index is 0.699. The monoisotopic (exact) mass is 240 g/mol. The predicted octanol–water partition coefficient (Wildman–Crippen LogP) is 4.12. The molecular formula is C16H20N2. The molecule has 94 valence electrons. The van der Waals surface area contributed by atoms with Gasteiger partial charge in [0.25, 0.3) is 0 Å².